The van der Waals surface area contributed by atoms with E-state index in [9.17, 15) is 9.59 Å². The number of carbonyl (C=O) groups is 1. The fourth-order valence-corrected chi connectivity index (χ4v) is 4.09. The van der Waals surface area contributed by atoms with Crippen molar-refractivity contribution in [2.24, 2.45) is 7.05 Å². The maximum atomic E-state index is 13.0. The van der Waals surface area contributed by atoms with Crippen molar-refractivity contribution in [3.8, 4) is 0 Å². The van der Waals surface area contributed by atoms with Gasteiger partial charge in [0.15, 0.2) is 5.69 Å². The highest BCUT2D eigenvalue weighted by atomic mass is 16.2. The van der Waals surface area contributed by atoms with Gasteiger partial charge in [0.1, 0.15) is 5.82 Å². The standard InChI is InChI=1S/C26H23N5O2/c1-17-12-13-21-19(14-17)25(32)24(29-30(21)2)26(33)27-15-23-28-20-10-6-7-11-22(20)31(23)16-18-8-4-3-5-9-18/h3-14H,15-16H2,1-2H3,(H,27,33). The number of carbonyl (C=O) groups excluding carboxylic acids is 1. The average Bonchev–Trinajstić information content (AvgIpc) is 3.17. The summed E-state index contributed by atoms with van der Waals surface area (Å²) in [6.45, 7) is 2.72. The van der Waals surface area contributed by atoms with Gasteiger partial charge in [0.25, 0.3) is 5.91 Å². The molecule has 2 heterocycles. The van der Waals surface area contributed by atoms with Gasteiger partial charge in [-0.2, -0.15) is 5.10 Å². The third kappa shape index (κ3) is 3.89. The lowest BCUT2D eigenvalue weighted by molar-refractivity contribution is 0.0941. The predicted octanol–water partition coefficient (Wildman–Crippen LogP) is 3.57. The molecule has 0 saturated heterocycles. The molecule has 5 aromatic rings. The van der Waals surface area contributed by atoms with Gasteiger partial charge in [0.05, 0.1) is 28.5 Å². The van der Waals surface area contributed by atoms with Crippen LogP contribution in [-0.4, -0.2) is 25.2 Å². The number of rotatable bonds is 5. The molecule has 3 aromatic carbocycles. The number of imidazole rings is 1. The summed E-state index contributed by atoms with van der Waals surface area (Å²) in [6, 6.07) is 23.5. The number of hydrogen-bond donors (Lipinski definition) is 1. The molecule has 0 bridgehead atoms. The van der Waals surface area contributed by atoms with E-state index in [0.717, 1.165) is 22.2 Å². The second kappa shape index (κ2) is 8.35. The number of amides is 1. The topological polar surface area (TPSA) is 81.8 Å². The molecule has 33 heavy (non-hydrogen) atoms. The van der Waals surface area contributed by atoms with Gasteiger partial charge in [-0.3, -0.25) is 14.3 Å². The second-order valence-corrected chi connectivity index (χ2v) is 8.09. The minimum absolute atomic E-state index is 0.124. The Hall–Kier alpha value is -4.26. The van der Waals surface area contributed by atoms with Crippen LogP contribution in [0.15, 0.2) is 77.6 Å². The van der Waals surface area contributed by atoms with E-state index in [-0.39, 0.29) is 17.7 Å². The lowest BCUT2D eigenvalue weighted by Crippen LogP contribution is -2.32. The van der Waals surface area contributed by atoms with E-state index >= 15 is 0 Å². The van der Waals surface area contributed by atoms with E-state index in [1.54, 1.807) is 17.8 Å². The minimum atomic E-state index is -0.516. The summed E-state index contributed by atoms with van der Waals surface area (Å²) in [4.78, 5) is 30.7. The zero-order valence-corrected chi connectivity index (χ0v) is 18.4. The highest BCUT2D eigenvalue weighted by molar-refractivity contribution is 5.95. The molecule has 0 saturated carbocycles. The number of fused-ring (bicyclic) bond motifs is 2. The van der Waals surface area contributed by atoms with Gasteiger partial charge in [-0.25, -0.2) is 4.98 Å². The third-order valence-corrected chi connectivity index (χ3v) is 5.75. The molecule has 7 heteroatoms. The first-order valence-corrected chi connectivity index (χ1v) is 10.8. The second-order valence-electron chi connectivity index (χ2n) is 8.09. The van der Waals surface area contributed by atoms with Crippen LogP contribution in [0.5, 0.6) is 0 Å². The molecule has 5 rings (SSSR count). The van der Waals surface area contributed by atoms with Crippen molar-refractivity contribution < 1.29 is 4.79 Å². The van der Waals surface area contributed by atoms with Crippen LogP contribution in [0.25, 0.3) is 21.9 Å². The van der Waals surface area contributed by atoms with Crippen LogP contribution in [0.1, 0.15) is 27.4 Å². The molecule has 0 aliphatic carbocycles. The largest absolute Gasteiger partial charge is 0.343 e. The first kappa shape index (κ1) is 20.6. The summed E-state index contributed by atoms with van der Waals surface area (Å²) in [6.07, 6.45) is 0. The minimum Gasteiger partial charge on any atom is -0.343 e. The zero-order chi connectivity index (χ0) is 22.9. The molecule has 2 aromatic heterocycles. The Labute approximate surface area is 190 Å². The number of aryl methyl sites for hydroxylation is 2. The fraction of sp³-hybridized carbons (Fsp3) is 0.154. The van der Waals surface area contributed by atoms with Gasteiger partial charge in [-0.15, -0.1) is 0 Å². The van der Waals surface area contributed by atoms with Gasteiger partial charge < -0.3 is 9.88 Å². The highest BCUT2D eigenvalue weighted by Crippen LogP contribution is 2.18. The van der Waals surface area contributed by atoms with Crippen molar-refractivity contribution in [1.82, 2.24) is 24.6 Å². The van der Waals surface area contributed by atoms with Crippen molar-refractivity contribution in [2.45, 2.75) is 20.0 Å². The molecule has 0 spiro atoms. The molecule has 0 atom stereocenters. The maximum Gasteiger partial charge on any atom is 0.276 e. The van der Waals surface area contributed by atoms with Gasteiger partial charge >= 0.3 is 0 Å². The Kier molecular flexibility index (Phi) is 5.22. The number of benzene rings is 3. The number of para-hydroxylation sites is 2. The van der Waals surface area contributed by atoms with Crippen LogP contribution in [0.3, 0.4) is 0 Å². The predicted molar refractivity (Wildman–Crippen MR) is 128 cm³/mol. The van der Waals surface area contributed by atoms with Crippen molar-refractivity contribution >= 4 is 27.8 Å². The molecule has 0 aliphatic rings. The Bertz CT molecular complexity index is 1550. The van der Waals surface area contributed by atoms with Crippen molar-refractivity contribution in [3.63, 3.8) is 0 Å². The number of nitrogens with one attached hydrogen (secondary N) is 1. The smallest absolute Gasteiger partial charge is 0.276 e. The van der Waals surface area contributed by atoms with Crippen LogP contribution in [0, 0.1) is 6.92 Å². The van der Waals surface area contributed by atoms with E-state index in [4.69, 9.17) is 4.98 Å². The third-order valence-electron chi connectivity index (χ3n) is 5.75. The molecule has 164 valence electrons. The monoisotopic (exact) mass is 437 g/mol. The van der Waals surface area contributed by atoms with Crippen molar-refractivity contribution in [3.05, 3.63) is 106 Å². The Balaban J connectivity index is 1.47. The fourth-order valence-electron chi connectivity index (χ4n) is 4.09. The Morgan fingerprint density at radius 2 is 1.73 bits per heavy atom. The van der Waals surface area contributed by atoms with Crippen LogP contribution < -0.4 is 10.7 Å². The maximum absolute atomic E-state index is 13.0. The van der Waals surface area contributed by atoms with E-state index in [1.807, 2.05) is 61.5 Å². The summed E-state index contributed by atoms with van der Waals surface area (Å²) in [5.41, 5.74) is 4.12. The van der Waals surface area contributed by atoms with Crippen molar-refractivity contribution in [2.75, 3.05) is 0 Å². The Morgan fingerprint density at radius 1 is 0.970 bits per heavy atom. The van der Waals surface area contributed by atoms with E-state index in [1.165, 1.54) is 0 Å². The summed E-state index contributed by atoms with van der Waals surface area (Å²) in [7, 11) is 1.73. The van der Waals surface area contributed by atoms with Crippen molar-refractivity contribution in [1.29, 1.82) is 0 Å². The average molecular weight is 438 g/mol. The first-order chi connectivity index (χ1) is 16.0. The van der Waals surface area contributed by atoms with Crippen LogP contribution in [0.2, 0.25) is 0 Å². The zero-order valence-electron chi connectivity index (χ0n) is 18.4. The van der Waals surface area contributed by atoms with E-state index < -0.39 is 5.91 Å². The lowest BCUT2D eigenvalue weighted by Gasteiger charge is -2.11. The number of hydrogen-bond acceptors (Lipinski definition) is 4. The first-order valence-electron chi connectivity index (χ1n) is 10.8. The van der Waals surface area contributed by atoms with E-state index in [0.29, 0.717) is 23.3 Å². The van der Waals surface area contributed by atoms with E-state index in [2.05, 4.69) is 27.1 Å². The molecular weight excluding hydrogens is 414 g/mol. The molecule has 1 amide bonds. The van der Waals surface area contributed by atoms with Gasteiger partial charge in [0.2, 0.25) is 5.43 Å². The summed E-state index contributed by atoms with van der Waals surface area (Å²) in [5, 5.41) is 7.57. The summed E-state index contributed by atoms with van der Waals surface area (Å²) in [5.74, 6) is 0.194. The summed E-state index contributed by atoms with van der Waals surface area (Å²) < 4.78 is 3.65. The summed E-state index contributed by atoms with van der Waals surface area (Å²) >= 11 is 0. The lowest BCUT2D eigenvalue weighted by atomic mass is 10.1. The quantitative estimate of drug-likeness (QED) is 0.456. The molecule has 0 fully saturated rings. The highest BCUT2D eigenvalue weighted by Gasteiger charge is 2.18. The normalized spacial score (nSPS) is 11.2. The molecule has 0 radical (unpaired) electrons. The van der Waals surface area contributed by atoms with Crippen LogP contribution >= 0.6 is 0 Å². The molecule has 1 N–H and O–H groups in total. The molecule has 7 nitrogen and oxygen atoms in total. The van der Waals surface area contributed by atoms with Gasteiger partial charge in [0, 0.05) is 13.6 Å². The Morgan fingerprint density at radius 3 is 2.55 bits per heavy atom. The van der Waals surface area contributed by atoms with Gasteiger partial charge in [-0.05, 0) is 36.8 Å². The SMILES string of the molecule is Cc1ccc2c(c1)c(=O)c(C(=O)NCc1nc3ccccc3n1Cc1ccccc1)nn2C. The van der Waals surface area contributed by atoms with Crippen LogP contribution in [-0.2, 0) is 20.1 Å². The van der Waals surface area contributed by atoms with Gasteiger partial charge in [-0.1, -0.05) is 54.1 Å². The molecule has 0 unspecified atom stereocenters. The van der Waals surface area contributed by atoms with Crippen LogP contribution in [0.4, 0.5) is 0 Å². The molecule has 0 aliphatic heterocycles. The number of aromatic nitrogens is 4. The number of nitrogens with zero attached hydrogens (tertiary/aromatic N) is 4. The molecular formula is C26H23N5O2.